The van der Waals surface area contributed by atoms with Crippen LogP contribution in [0.1, 0.15) is 72.4 Å². The van der Waals surface area contributed by atoms with E-state index < -0.39 is 26.5 Å². The predicted molar refractivity (Wildman–Crippen MR) is 153 cm³/mol. The fourth-order valence-corrected chi connectivity index (χ4v) is 4.48. The number of carbonyl (C=O) groups is 2. The summed E-state index contributed by atoms with van der Waals surface area (Å²) in [5.41, 5.74) is 1.58. The van der Waals surface area contributed by atoms with Gasteiger partial charge in [-0.3, -0.25) is 9.59 Å². The van der Waals surface area contributed by atoms with Crippen molar-refractivity contribution in [2.24, 2.45) is 0 Å². The molecule has 0 aliphatic rings. The number of rotatable bonds is 16. The zero-order valence-electron chi connectivity index (χ0n) is 23.3. The van der Waals surface area contributed by atoms with Crippen LogP contribution in [0.25, 0.3) is 12.2 Å². The van der Waals surface area contributed by atoms with Gasteiger partial charge >= 0.3 is 0 Å². The summed E-state index contributed by atoms with van der Waals surface area (Å²) in [6.45, 7) is 6.87. The Bertz CT molecular complexity index is 1130. The van der Waals surface area contributed by atoms with Gasteiger partial charge in [0.2, 0.25) is 0 Å². The van der Waals surface area contributed by atoms with Crippen molar-refractivity contribution in [2.45, 2.75) is 51.9 Å². The van der Waals surface area contributed by atoms with Gasteiger partial charge in [0.05, 0.1) is 13.2 Å². The van der Waals surface area contributed by atoms with Gasteiger partial charge in [-0.15, -0.1) is 0 Å². The Labute approximate surface area is 236 Å². The molecular weight excluding hydrogens is 554 g/mol. The van der Waals surface area contributed by atoms with Crippen molar-refractivity contribution in [3.63, 3.8) is 0 Å². The normalized spacial score (nSPS) is 14.7. The Hall–Kier alpha value is -2.58. The molecule has 0 saturated carbocycles. The first kappa shape index (κ1) is 33.6. The summed E-state index contributed by atoms with van der Waals surface area (Å²) in [7, 11) is -7.70. The summed E-state index contributed by atoms with van der Waals surface area (Å²) in [6, 6.07) is 14.0. The smallest absolute Gasteiger partial charge is 0.251 e. The molecule has 0 aliphatic heterocycles. The summed E-state index contributed by atoms with van der Waals surface area (Å²) < 4.78 is 33.1. The van der Waals surface area contributed by atoms with Gasteiger partial charge in [0, 0.05) is 35.5 Å². The minimum Gasteiger partial charge on any atom is -0.778 e. The molecule has 0 spiro atoms. The number of nitrogens with one attached hydrogen (secondary N) is 2. The molecule has 0 heterocycles. The maximum absolute atomic E-state index is 12.3. The van der Waals surface area contributed by atoms with E-state index in [0.29, 0.717) is 37.1 Å². The molecule has 2 N–H and O–H groups in total. The van der Waals surface area contributed by atoms with Gasteiger partial charge in [-0.05, 0) is 48.2 Å². The van der Waals surface area contributed by atoms with Gasteiger partial charge in [0.1, 0.15) is 15.2 Å². The van der Waals surface area contributed by atoms with E-state index in [9.17, 15) is 28.5 Å². The summed E-state index contributed by atoms with van der Waals surface area (Å²) in [5.74, 6) is -0.515. The molecule has 2 unspecified atom stereocenters. The summed E-state index contributed by atoms with van der Waals surface area (Å²) in [5, 5.41) is 5.49. The van der Waals surface area contributed by atoms with Crippen LogP contribution in [0.15, 0.2) is 48.5 Å². The Morgan fingerprint density at radius 1 is 0.700 bits per heavy atom. The molecule has 2 aromatic rings. The van der Waals surface area contributed by atoms with Crippen LogP contribution in [0.4, 0.5) is 0 Å². The minimum absolute atomic E-state index is 0.0249. The Kier molecular flexibility index (Phi) is 13.5. The molecule has 2 aromatic carbocycles. The Balaban J connectivity index is 1.75. The first-order chi connectivity index (χ1) is 18.8. The predicted octanol–water partition coefficient (Wildman–Crippen LogP) is 4.05. The van der Waals surface area contributed by atoms with E-state index in [1.54, 1.807) is 52.0 Å². The molecule has 0 saturated heterocycles. The molecule has 2 rings (SSSR count). The number of benzene rings is 2. The maximum Gasteiger partial charge on any atom is 0.251 e. The third kappa shape index (κ3) is 11.5. The van der Waals surface area contributed by atoms with Crippen molar-refractivity contribution in [2.75, 3.05) is 26.3 Å². The third-order valence-corrected chi connectivity index (χ3v) is 9.45. The Morgan fingerprint density at radius 2 is 1.02 bits per heavy atom. The fraction of sp³-hybridized carbons (Fsp3) is 0.429. The standard InChI is InChI=1S/C28H40N2O8P2/c1-21(2)39(33,34)37-19-5-17-29-27(31)25-13-9-23(10-14-25)7-8-24-11-15-26(16-12-24)28(32)30-18-6-20-38-40(35,36)22(3)4/h7-16,21-22H,5-6,17-20H2,1-4H3,(H,29,31)(H,30,32)(H,33,34)(H,35,36)/p-2/b8-7+. The topological polar surface area (TPSA) is 157 Å². The Morgan fingerprint density at radius 3 is 1.32 bits per heavy atom. The molecule has 220 valence electrons. The van der Waals surface area contributed by atoms with Crippen LogP contribution in [-0.4, -0.2) is 49.4 Å². The summed E-state index contributed by atoms with van der Waals surface area (Å²) >= 11 is 0. The van der Waals surface area contributed by atoms with E-state index in [1.807, 2.05) is 36.4 Å². The lowest BCUT2D eigenvalue weighted by atomic mass is 10.1. The molecule has 0 aliphatic carbocycles. The lowest BCUT2D eigenvalue weighted by Gasteiger charge is -2.26. The van der Waals surface area contributed by atoms with Gasteiger partial charge < -0.3 is 38.6 Å². The number of hydrogen-bond acceptors (Lipinski definition) is 8. The van der Waals surface area contributed by atoms with E-state index in [-0.39, 0.29) is 25.0 Å². The molecule has 0 radical (unpaired) electrons. The van der Waals surface area contributed by atoms with Crippen LogP contribution in [-0.2, 0) is 18.2 Å². The molecule has 2 atom stereocenters. The van der Waals surface area contributed by atoms with E-state index >= 15 is 0 Å². The molecule has 10 nitrogen and oxygen atoms in total. The van der Waals surface area contributed by atoms with E-state index in [0.717, 1.165) is 11.1 Å². The van der Waals surface area contributed by atoms with Gasteiger partial charge in [-0.1, -0.05) is 64.1 Å². The van der Waals surface area contributed by atoms with Crippen LogP contribution in [0.3, 0.4) is 0 Å². The summed E-state index contributed by atoms with van der Waals surface area (Å²) in [6.07, 6.45) is 4.53. The lowest BCUT2D eigenvalue weighted by Crippen LogP contribution is -2.25. The number of amides is 2. The zero-order valence-corrected chi connectivity index (χ0v) is 25.1. The quantitative estimate of drug-likeness (QED) is 0.168. The van der Waals surface area contributed by atoms with Crippen molar-refractivity contribution < 1.29 is 37.6 Å². The highest BCUT2D eigenvalue weighted by Crippen LogP contribution is 2.42. The van der Waals surface area contributed by atoms with Crippen LogP contribution in [0, 0.1) is 0 Å². The second-order valence-corrected chi connectivity index (χ2v) is 14.5. The fourth-order valence-electron chi connectivity index (χ4n) is 3.12. The van der Waals surface area contributed by atoms with E-state index in [1.165, 1.54) is 0 Å². The van der Waals surface area contributed by atoms with Gasteiger partial charge in [0.15, 0.2) is 0 Å². The molecule has 0 bridgehead atoms. The van der Waals surface area contributed by atoms with Gasteiger partial charge in [0.25, 0.3) is 11.8 Å². The van der Waals surface area contributed by atoms with Crippen LogP contribution in [0.5, 0.6) is 0 Å². The highest BCUT2D eigenvalue weighted by atomic mass is 31.2. The van der Waals surface area contributed by atoms with Crippen molar-refractivity contribution in [1.82, 2.24) is 10.6 Å². The summed E-state index contributed by atoms with van der Waals surface area (Å²) in [4.78, 5) is 47.9. The highest BCUT2D eigenvalue weighted by Gasteiger charge is 2.14. The van der Waals surface area contributed by atoms with Crippen molar-refractivity contribution >= 4 is 39.2 Å². The maximum atomic E-state index is 12.3. The molecule has 12 heteroatoms. The van der Waals surface area contributed by atoms with Crippen molar-refractivity contribution in [3.05, 3.63) is 70.8 Å². The molecule has 0 fully saturated rings. The third-order valence-electron chi connectivity index (χ3n) is 5.83. The first-order valence-electron chi connectivity index (χ1n) is 13.2. The van der Waals surface area contributed by atoms with E-state index in [2.05, 4.69) is 10.6 Å². The molecule has 2 amide bonds. The number of hydrogen-bond donors (Lipinski definition) is 2. The monoisotopic (exact) mass is 592 g/mol. The first-order valence-corrected chi connectivity index (χ1v) is 16.4. The van der Waals surface area contributed by atoms with Crippen LogP contribution < -0.4 is 20.4 Å². The lowest BCUT2D eigenvalue weighted by molar-refractivity contribution is -0.201. The minimum atomic E-state index is -3.85. The highest BCUT2D eigenvalue weighted by molar-refractivity contribution is 7.52. The van der Waals surface area contributed by atoms with Crippen molar-refractivity contribution in [1.29, 1.82) is 0 Å². The average molecular weight is 593 g/mol. The molecular formula is C28H38N2O8P2-2. The van der Waals surface area contributed by atoms with Gasteiger partial charge in [-0.25, -0.2) is 0 Å². The van der Waals surface area contributed by atoms with Crippen molar-refractivity contribution in [3.8, 4) is 0 Å². The van der Waals surface area contributed by atoms with E-state index in [4.69, 9.17) is 9.05 Å². The SMILES string of the molecule is CC(C)P(=O)([O-])OCCCNC(=O)c1ccc(/C=C/c2ccc(C(=O)NCCCOP(=O)([O-])C(C)C)cc2)cc1. The molecule has 0 aromatic heterocycles. The second-order valence-electron chi connectivity index (χ2n) is 9.73. The van der Waals surface area contributed by atoms with Gasteiger partial charge in [-0.2, -0.15) is 0 Å². The van der Waals surface area contributed by atoms with Crippen LogP contribution in [0.2, 0.25) is 0 Å². The van der Waals surface area contributed by atoms with Crippen LogP contribution >= 0.6 is 15.2 Å². The number of carbonyl (C=O) groups excluding carboxylic acids is 2. The molecule has 40 heavy (non-hydrogen) atoms. The second kappa shape index (κ2) is 16.0. The largest absolute Gasteiger partial charge is 0.778 e. The zero-order chi connectivity index (χ0) is 29.8. The average Bonchev–Trinajstić information content (AvgIpc) is 2.91.